The number of hydrogen-bond donors (Lipinski definition) is 2. The minimum absolute atomic E-state index is 0.0925. The standard InChI is InChI=1S/C19H26N4O6/c1-18(2,3)28-15(24)11-14-16(17(25)29-19(4,5)6)20-21-22(14)12-7-9-13(10-8-12)23(26)27/h7-10,23,26H,11H2,1-6H3. The minimum atomic E-state index is -1.07. The topological polar surface area (TPSA) is 131 Å². The van der Waals surface area contributed by atoms with Gasteiger partial charge in [0.15, 0.2) is 11.4 Å². The minimum Gasteiger partial charge on any atom is -0.595 e. The van der Waals surface area contributed by atoms with Crippen LogP contribution in [0.2, 0.25) is 0 Å². The summed E-state index contributed by atoms with van der Waals surface area (Å²) in [6.45, 7) is 10.4. The van der Waals surface area contributed by atoms with Crippen molar-refractivity contribution in [1.82, 2.24) is 15.0 Å². The van der Waals surface area contributed by atoms with E-state index in [-0.39, 0.29) is 23.5 Å². The second-order valence-corrected chi connectivity index (χ2v) is 8.41. The van der Waals surface area contributed by atoms with Gasteiger partial charge in [0, 0.05) is 12.1 Å². The van der Waals surface area contributed by atoms with Crippen molar-refractivity contribution in [3.63, 3.8) is 0 Å². The molecule has 1 heterocycles. The number of nitrogens with one attached hydrogen (secondary N) is 1. The highest BCUT2D eigenvalue weighted by atomic mass is 16.8. The molecule has 2 N–H and O–H groups in total. The molecule has 0 spiro atoms. The molecule has 158 valence electrons. The summed E-state index contributed by atoms with van der Waals surface area (Å²) < 4.78 is 12.0. The highest BCUT2D eigenvalue weighted by molar-refractivity contribution is 5.90. The van der Waals surface area contributed by atoms with Gasteiger partial charge in [-0.15, -0.1) is 5.10 Å². The van der Waals surface area contributed by atoms with Crippen molar-refractivity contribution in [3.8, 4) is 5.69 Å². The molecule has 1 aromatic heterocycles. The SMILES string of the molecule is CC(C)(C)OC(=O)Cc1c(C(=O)OC(C)(C)C)nnn1-c1ccc([NH+]([O-])O)cc1. The molecule has 0 saturated carbocycles. The van der Waals surface area contributed by atoms with Crippen LogP contribution in [0.4, 0.5) is 5.69 Å². The summed E-state index contributed by atoms with van der Waals surface area (Å²) in [7, 11) is 0. The summed E-state index contributed by atoms with van der Waals surface area (Å²) in [5, 5.41) is 26.9. The second-order valence-electron chi connectivity index (χ2n) is 8.41. The summed E-state index contributed by atoms with van der Waals surface area (Å²) in [4.78, 5) is 25.0. The van der Waals surface area contributed by atoms with Crippen LogP contribution in [0.1, 0.15) is 57.7 Å². The molecule has 0 saturated heterocycles. The van der Waals surface area contributed by atoms with E-state index in [1.54, 1.807) is 41.5 Å². The van der Waals surface area contributed by atoms with Gasteiger partial charge in [-0.1, -0.05) is 5.21 Å². The Morgan fingerprint density at radius 3 is 2.10 bits per heavy atom. The fourth-order valence-electron chi connectivity index (χ4n) is 2.41. The molecule has 0 radical (unpaired) electrons. The third-order valence-corrected chi connectivity index (χ3v) is 3.45. The first-order valence-corrected chi connectivity index (χ1v) is 9.00. The van der Waals surface area contributed by atoms with Crippen LogP contribution < -0.4 is 5.23 Å². The molecule has 1 aromatic carbocycles. The Morgan fingerprint density at radius 1 is 1.07 bits per heavy atom. The third-order valence-electron chi connectivity index (χ3n) is 3.45. The number of carbonyl (C=O) groups excluding carboxylic acids is 2. The van der Waals surface area contributed by atoms with Gasteiger partial charge >= 0.3 is 11.9 Å². The summed E-state index contributed by atoms with van der Waals surface area (Å²) in [5.74, 6) is -1.28. The van der Waals surface area contributed by atoms with Crippen molar-refractivity contribution in [2.45, 2.75) is 59.2 Å². The Balaban J connectivity index is 2.45. The molecule has 1 atom stereocenters. The molecule has 1 unspecified atom stereocenters. The average molecular weight is 406 g/mol. The zero-order valence-electron chi connectivity index (χ0n) is 17.3. The van der Waals surface area contributed by atoms with E-state index in [0.717, 1.165) is 0 Å². The molecule has 0 aliphatic rings. The normalized spacial score (nSPS) is 13.1. The van der Waals surface area contributed by atoms with E-state index in [2.05, 4.69) is 10.3 Å². The Labute approximate surface area is 168 Å². The lowest BCUT2D eigenvalue weighted by molar-refractivity contribution is -0.991. The van der Waals surface area contributed by atoms with Crippen LogP contribution in [0, 0.1) is 5.21 Å². The van der Waals surface area contributed by atoms with Gasteiger partial charge in [-0.25, -0.2) is 14.7 Å². The zero-order chi connectivity index (χ0) is 22.0. The van der Waals surface area contributed by atoms with E-state index in [0.29, 0.717) is 5.69 Å². The third kappa shape index (κ3) is 6.34. The maximum Gasteiger partial charge on any atom is 0.361 e. The molecule has 0 amide bonds. The van der Waals surface area contributed by atoms with Gasteiger partial charge in [-0.05, 0) is 53.7 Å². The van der Waals surface area contributed by atoms with Gasteiger partial charge in [0.1, 0.15) is 11.2 Å². The summed E-state index contributed by atoms with van der Waals surface area (Å²) >= 11 is 0. The first kappa shape index (κ1) is 22.5. The van der Waals surface area contributed by atoms with E-state index in [4.69, 9.17) is 14.7 Å². The first-order valence-electron chi connectivity index (χ1n) is 9.00. The first-order chi connectivity index (χ1) is 13.3. The predicted molar refractivity (Wildman–Crippen MR) is 102 cm³/mol. The number of rotatable bonds is 5. The van der Waals surface area contributed by atoms with Gasteiger partial charge in [0.05, 0.1) is 17.8 Å². The summed E-state index contributed by atoms with van der Waals surface area (Å²) in [6, 6.07) is 5.80. The number of aromatic nitrogens is 3. The lowest BCUT2D eigenvalue weighted by Crippen LogP contribution is -2.99. The molecule has 0 aliphatic heterocycles. The van der Waals surface area contributed by atoms with Crippen LogP contribution in [0.5, 0.6) is 0 Å². The number of nitrogens with zero attached hydrogens (tertiary/aromatic N) is 3. The number of hydrogen-bond acceptors (Lipinski definition) is 8. The lowest BCUT2D eigenvalue weighted by Gasteiger charge is -2.20. The van der Waals surface area contributed by atoms with Crippen molar-refractivity contribution in [1.29, 1.82) is 0 Å². The number of benzene rings is 1. The zero-order valence-corrected chi connectivity index (χ0v) is 17.3. The van der Waals surface area contributed by atoms with Crippen molar-refractivity contribution in [2.24, 2.45) is 0 Å². The smallest absolute Gasteiger partial charge is 0.361 e. The molecule has 0 aliphatic carbocycles. The molecule has 10 nitrogen and oxygen atoms in total. The largest absolute Gasteiger partial charge is 0.595 e. The van der Waals surface area contributed by atoms with Crippen LogP contribution in [0.25, 0.3) is 5.69 Å². The molecule has 29 heavy (non-hydrogen) atoms. The van der Waals surface area contributed by atoms with Gasteiger partial charge in [-0.3, -0.25) is 4.79 Å². The van der Waals surface area contributed by atoms with E-state index in [9.17, 15) is 14.8 Å². The van der Waals surface area contributed by atoms with Crippen molar-refractivity contribution in [2.75, 3.05) is 0 Å². The molecular formula is C19H26N4O6. The summed E-state index contributed by atoms with van der Waals surface area (Å²) in [5.41, 5.74) is -0.840. The van der Waals surface area contributed by atoms with Gasteiger partial charge in [0.2, 0.25) is 0 Å². The van der Waals surface area contributed by atoms with Crippen LogP contribution in [-0.2, 0) is 20.7 Å². The van der Waals surface area contributed by atoms with Crippen LogP contribution >= 0.6 is 0 Å². The van der Waals surface area contributed by atoms with E-state index in [1.165, 1.54) is 28.9 Å². The van der Waals surface area contributed by atoms with Gasteiger partial charge < -0.3 is 14.7 Å². The average Bonchev–Trinajstić information content (AvgIpc) is 2.95. The number of carbonyl (C=O) groups is 2. The van der Waals surface area contributed by atoms with Crippen molar-refractivity contribution in [3.05, 3.63) is 40.9 Å². The monoisotopic (exact) mass is 406 g/mol. The Kier molecular flexibility index (Phi) is 6.41. The second kappa shape index (κ2) is 8.27. The molecule has 10 heteroatoms. The van der Waals surface area contributed by atoms with Gasteiger partial charge in [0.25, 0.3) is 0 Å². The van der Waals surface area contributed by atoms with Crippen molar-refractivity contribution >= 4 is 17.6 Å². The predicted octanol–water partition coefficient (Wildman–Crippen LogP) is 1.51. The Morgan fingerprint density at radius 2 is 1.62 bits per heavy atom. The molecular weight excluding hydrogens is 380 g/mol. The number of quaternary nitrogens is 1. The number of esters is 2. The maximum absolute atomic E-state index is 12.6. The Bertz CT molecular complexity index is 876. The fourth-order valence-corrected chi connectivity index (χ4v) is 2.41. The van der Waals surface area contributed by atoms with E-state index in [1.807, 2.05) is 0 Å². The molecule has 2 aromatic rings. The highest BCUT2D eigenvalue weighted by Gasteiger charge is 2.28. The molecule has 2 rings (SSSR count). The van der Waals surface area contributed by atoms with Gasteiger partial charge in [-0.2, -0.15) is 5.23 Å². The lowest BCUT2D eigenvalue weighted by atomic mass is 10.1. The van der Waals surface area contributed by atoms with E-state index < -0.39 is 28.4 Å². The van der Waals surface area contributed by atoms with Crippen LogP contribution in [0.15, 0.2) is 24.3 Å². The highest BCUT2D eigenvalue weighted by Crippen LogP contribution is 2.20. The Hall–Kier alpha value is -2.82. The maximum atomic E-state index is 12.6. The van der Waals surface area contributed by atoms with Crippen LogP contribution in [-0.4, -0.2) is 43.3 Å². The molecule has 0 fully saturated rings. The number of ether oxygens (including phenoxy) is 2. The fraction of sp³-hybridized carbons (Fsp3) is 0.474. The molecule has 0 bridgehead atoms. The van der Waals surface area contributed by atoms with Crippen LogP contribution in [0.3, 0.4) is 0 Å². The van der Waals surface area contributed by atoms with E-state index >= 15 is 0 Å². The van der Waals surface area contributed by atoms with Crippen molar-refractivity contribution < 1.29 is 29.5 Å². The quantitative estimate of drug-likeness (QED) is 0.564. The summed E-state index contributed by atoms with van der Waals surface area (Å²) in [6.07, 6.45) is -0.264.